The van der Waals surface area contributed by atoms with Crippen LogP contribution < -0.4 is 5.32 Å². The number of nitrogens with one attached hydrogen (secondary N) is 1. The first-order valence-corrected chi connectivity index (χ1v) is 6.84. The molecule has 3 fully saturated rings. The number of fused-ring (bicyclic) bond motifs is 2. The van der Waals surface area contributed by atoms with E-state index in [1.165, 1.54) is 32.1 Å². The molecule has 3 nitrogen and oxygen atoms in total. The first kappa shape index (κ1) is 11.0. The molecule has 0 aromatic rings. The Bertz CT molecular complexity index is 255. The summed E-state index contributed by atoms with van der Waals surface area (Å²) in [6.07, 6.45) is 6.44. The molecule has 3 heterocycles. The van der Waals surface area contributed by atoms with Gasteiger partial charge in [0, 0.05) is 24.7 Å². The van der Waals surface area contributed by atoms with Gasteiger partial charge in [-0.1, -0.05) is 6.92 Å². The SMILES string of the molecule is CCC1NCCOC12CC1CCC(C2)N1C. The molecule has 3 aliphatic rings. The van der Waals surface area contributed by atoms with Gasteiger partial charge in [-0.3, -0.25) is 0 Å². The number of nitrogens with zero attached hydrogens (tertiary/aromatic N) is 1. The lowest BCUT2D eigenvalue weighted by Gasteiger charge is -2.51. The largest absolute Gasteiger partial charge is 0.372 e. The summed E-state index contributed by atoms with van der Waals surface area (Å²) < 4.78 is 6.25. The Morgan fingerprint density at radius 2 is 2.00 bits per heavy atom. The van der Waals surface area contributed by atoms with Crippen LogP contribution in [0.4, 0.5) is 0 Å². The molecule has 3 unspecified atom stereocenters. The van der Waals surface area contributed by atoms with Crippen molar-refractivity contribution in [1.82, 2.24) is 10.2 Å². The predicted molar refractivity (Wildman–Crippen MR) is 64.6 cm³/mol. The predicted octanol–water partition coefficient (Wildman–Crippen LogP) is 1.38. The Morgan fingerprint density at radius 1 is 1.31 bits per heavy atom. The number of morpholine rings is 1. The fourth-order valence-corrected chi connectivity index (χ4v) is 4.16. The minimum absolute atomic E-state index is 0.158. The summed E-state index contributed by atoms with van der Waals surface area (Å²) in [6, 6.07) is 2.12. The molecule has 3 atom stereocenters. The summed E-state index contributed by atoms with van der Waals surface area (Å²) in [4.78, 5) is 2.59. The van der Waals surface area contributed by atoms with Crippen molar-refractivity contribution in [2.45, 2.75) is 62.8 Å². The van der Waals surface area contributed by atoms with E-state index < -0.39 is 0 Å². The van der Waals surface area contributed by atoms with Crippen molar-refractivity contribution in [1.29, 1.82) is 0 Å². The zero-order chi connectivity index (χ0) is 11.2. The monoisotopic (exact) mass is 224 g/mol. The van der Waals surface area contributed by atoms with E-state index >= 15 is 0 Å². The van der Waals surface area contributed by atoms with Crippen LogP contribution in [0.15, 0.2) is 0 Å². The molecular formula is C13H24N2O. The van der Waals surface area contributed by atoms with Gasteiger partial charge in [-0.05, 0) is 39.2 Å². The lowest BCUT2D eigenvalue weighted by Crippen LogP contribution is -2.63. The second-order valence-electron chi connectivity index (χ2n) is 5.79. The highest BCUT2D eigenvalue weighted by Crippen LogP contribution is 2.44. The number of ether oxygens (including phenoxy) is 1. The molecule has 16 heavy (non-hydrogen) atoms. The zero-order valence-corrected chi connectivity index (χ0v) is 10.5. The molecule has 0 amide bonds. The highest BCUT2D eigenvalue weighted by Gasteiger charge is 2.51. The second kappa shape index (κ2) is 3.97. The molecule has 2 bridgehead atoms. The first-order valence-electron chi connectivity index (χ1n) is 6.84. The number of hydrogen-bond acceptors (Lipinski definition) is 3. The van der Waals surface area contributed by atoms with Gasteiger partial charge in [-0.25, -0.2) is 0 Å². The molecule has 0 saturated carbocycles. The van der Waals surface area contributed by atoms with E-state index in [4.69, 9.17) is 4.74 Å². The lowest BCUT2D eigenvalue weighted by atomic mass is 9.78. The number of piperidine rings is 1. The highest BCUT2D eigenvalue weighted by atomic mass is 16.5. The molecule has 3 heteroatoms. The number of rotatable bonds is 1. The Hall–Kier alpha value is -0.120. The molecule has 0 aliphatic carbocycles. The van der Waals surface area contributed by atoms with Gasteiger partial charge >= 0.3 is 0 Å². The van der Waals surface area contributed by atoms with E-state index in [9.17, 15) is 0 Å². The molecule has 1 spiro atoms. The average Bonchev–Trinajstić information content (AvgIpc) is 2.54. The van der Waals surface area contributed by atoms with Gasteiger partial charge in [0.1, 0.15) is 0 Å². The van der Waals surface area contributed by atoms with Crippen LogP contribution in [-0.4, -0.2) is 48.8 Å². The maximum absolute atomic E-state index is 6.25. The van der Waals surface area contributed by atoms with E-state index in [1.807, 2.05) is 0 Å². The number of hydrogen-bond donors (Lipinski definition) is 1. The fourth-order valence-electron chi connectivity index (χ4n) is 4.16. The van der Waals surface area contributed by atoms with Crippen molar-refractivity contribution in [2.24, 2.45) is 0 Å². The van der Waals surface area contributed by atoms with Crippen molar-refractivity contribution < 1.29 is 4.74 Å². The van der Waals surface area contributed by atoms with Crippen LogP contribution >= 0.6 is 0 Å². The maximum atomic E-state index is 6.25. The normalized spacial score (nSPS) is 48.8. The van der Waals surface area contributed by atoms with Crippen molar-refractivity contribution in [2.75, 3.05) is 20.2 Å². The van der Waals surface area contributed by atoms with Crippen molar-refractivity contribution in [3.63, 3.8) is 0 Å². The highest BCUT2D eigenvalue weighted by molar-refractivity contribution is 5.07. The van der Waals surface area contributed by atoms with Crippen LogP contribution in [0.2, 0.25) is 0 Å². The second-order valence-corrected chi connectivity index (χ2v) is 5.79. The average molecular weight is 224 g/mol. The molecule has 3 aliphatic heterocycles. The summed E-state index contributed by atoms with van der Waals surface area (Å²) in [5, 5.41) is 3.67. The summed E-state index contributed by atoms with van der Waals surface area (Å²) in [6.45, 7) is 4.22. The van der Waals surface area contributed by atoms with Crippen molar-refractivity contribution in [3.05, 3.63) is 0 Å². The molecule has 92 valence electrons. The quantitative estimate of drug-likeness (QED) is 0.728. The fraction of sp³-hybridized carbons (Fsp3) is 1.00. The third-order valence-corrected chi connectivity index (χ3v) is 5.07. The first-order chi connectivity index (χ1) is 7.75. The minimum Gasteiger partial charge on any atom is -0.372 e. The van der Waals surface area contributed by atoms with E-state index in [0.717, 1.165) is 25.2 Å². The van der Waals surface area contributed by atoms with Gasteiger partial charge in [0.2, 0.25) is 0 Å². The van der Waals surface area contributed by atoms with E-state index in [0.29, 0.717) is 6.04 Å². The Morgan fingerprint density at radius 3 is 2.62 bits per heavy atom. The van der Waals surface area contributed by atoms with Crippen LogP contribution in [-0.2, 0) is 4.74 Å². The molecular weight excluding hydrogens is 200 g/mol. The molecule has 3 rings (SSSR count). The van der Waals surface area contributed by atoms with Crippen LogP contribution in [0.1, 0.15) is 39.0 Å². The van der Waals surface area contributed by atoms with E-state index in [1.54, 1.807) is 0 Å². The third-order valence-electron chi connectivity index (χ3n) is 5.07. The Labute approximate surface area is 98.5 Å². The zero-order valence-electron chi connectivity index (χ0n) is 10.5. The van der Waals surface area contributed by atoms with Gasteiger partial charge in [0.15, 0.2) is 0 Å². The van der Waals surface area contributed by atoms with Gasteiger partial charge in [0.05, 0.1) is 12.2 Å². The van der Waals surface area contributed by atoms with Crippen LogP contribution in [0.5, 0.6) is 0 Å². The summed E-state index contributed by atoms with van der Waals surface area (Å²) >= 11 is 0. The van der Waals surface area contributed by atoms with Gasteiger partial charge < -0.3 is 15.0 Å². The third kappa shape index (κ3) is 1.52. The standard InChI is InChI=1S/C13H24N2O/c1-3-12-13(16-7-6-14-12)8-10-4-5-11(9-13)15(10)2/h10-12,14H,3-9H2,1-2H3. The van der Waals surface area contributed by atoms with Gasteiger partial charge in [0.25, 0.3) is 0 Å². The maximum Gasteiger partial charge on any atom is 0.0865 e. The van der Waals surface area contributed by atoms with Crippen LogP contribution in [0, 0.1) is 0 Å². The van der Waals surface area contributed by atoms with E-state index in [-0.39, 0.29) is 5.60 Å². The Kier molecular flexibility index (Phi) is 2.73. The van der Waals surface area contributed by atoms with Crippen molar-refractivity contribution >= 4 is 0 Å². The molecule has 3 saturated heterocycles. The topological polar surface area (TPSA) is 24.5 Å². The molecule has 0 aromatic carbocycles. The molecule has 1 N–H and O–H groups in total. The van der Waals surface area contributed by atoms with Crippen molar-refractivity contribution in [3.8, 4) is 0 Å². The van der Waals surface area contributed by atoms with Crippen LogP contribution in [0.3, 0.4) is 0 Å². The molecule has 0 aromatic heterocycles. The van der Waals surface area contributed by atoms with Gasteiger partial charge in [-0.15, -0.1) is 0 Å². The summed E-state index contributed by atoms with van der Waals surface area (Å²) in [7, 11) is 2.30. The smallest absolute Gasteiger partial charge is 0.0865 e. The minimum atomic E-state index is 0.158. The van der Waals surface area contributed by atoms with Crippen LogP contribution in [0.25, 0.3) is 0 Å². The molecule has 0 radical (unpaired) electrons. The van der Waals surface area contributed by atoms with E-state index in [2.05, 4.69) is 24.2 Å². The lowest BCUT2D eigenvalue weighted by molar-refractivity contribution is -0.141. The summed E-state index contributed by atoms with van der Waals surface area (Å²) in [5.41, 5.74) is 0.158. The van der Waals surface area contributed by atoms with Gasteiger partial charge in [-0.2, -0.15) is 0 Å². The summed E-state index contributed by atoms with van der Waals surface area (Å²) in [5.74, 6) is 0. The Balaban J connectivity index is 1.82.